The third kappa shape index (κ3) is 4.89. The number of nitrogens with zero attached hydrogens (tertiary/aromatic N) is 1. The summed E-state index contributed by atoms with van der Waals surface area (Å²) in [7, 11) is 1.68. The molecule has 31 heavy (non-hydrogen) atoms. The summed E-state index contributed by atoms with van der Waals surface area (Å²) in [6.07, 6.45) is 0. The average Bonchev–Trinajstić information content (AvgIpc) is 2.84. The van der Waals surface area contributed by atoms with Gasteiger partial charge in [0.15, 0.2) is 0 Å². The Morgan fingerprint density at radius 3 is 2.13 bits per heavy atom. The van der Waals surface area contributed by atoms with Crippen molar-refractivity contribution in [2.75, 3.05) is 7.11 Å². The topological polar surface area (TPSA) is 22.1 Å². The summed E-state index contributed by atoms with van der Waals surface area (Å²) in [6, 6.07) is 33.1. The van der Waals surface area contributed by atoms with Crippen LogP contribution in [0.5, 0.6) is 5.75 Å². The van der Waals surface area contributed by atoms with Gasteiger partial charge in [-0.3, -0.25) is 0 Å². The van der Waals surface area contributed by atoms with Crippen molar-refractivity contribution in [2.45, 2.75) is 17.2 Å². The van der Waals surface area contributed by atoms with Crippen molar-refractivity contribution in [3.63, 3.8) is 0 Å². The minimum Gasteiger partial charge on any atom is -0.497 e. The number of methoxy groups -OCH3 is 1. The molecule has 3 aromatic carbocycles. The molecule has 0 N–H and O–H groups in total. The molecule has 1 aromatic heterocycles. The molecule has 0 aliphatic carbocycles. The van der Waals surface area contributed by atoms with Gasteiger partial charge in [0, 0.05) is 16.4 Å². The Morgan fingerprint density at radius 2 is 1.48 bits per heavy atom. The highest BCUT2D eigenvalue weighted by Crippen LogP contribution is 2.39. The van der Waals surface area contributed by atoms with E-state index in [1.165, 1.54) is 5.56 Å². The average molecular weight is 424 g/mol. The fraction of sp³-hybridized carbons (Fsp3) is 0.107. The standard InChI is InChI=1S/C28H25NOS/c1-20(22-14-16-25(30-3)17-15-22)26-18-19-27(24-12-8-5-9-13-24)29-28(26)31-21(2)23-10-6-4-7-11-23/h4-19,21H,1H2,2-3H3. The van der Waals surface area contributed by atoms with E-state index in [-0.39, 0.29) is 5.25 Å². The Kier molecular flexibility index (Phi) is 6.54. The van der Waals surface area contributed by atoms with E-state index in [2.05, 4.69) is 62.0 Å². The molecule has 1 heterocycles. The van der Waals surface area contributed by atoms with Gasteiger partial charge in [-0.2, -0.15) is 0 Å². The van der Waals surface area contributed by atoms with Crippen LogP contribution in [0.15, 0.2) is 109 Å². The third-order valence-corrected chi connectivity index (χ3v) is 6.41. The molecule has 1 atom stereocenters. The number of hydrogen-bond donors (Lipinski definition) is 0. The SMILES string of the molecule is C=C(c1ccc(OC)cc1)c1ccc(-c2ccccc2)nc1SC(C)c1ccccc1. The molecule has 0 bridgehead atoms. The predicted octanol–water partition coefficient (Wildman–Crippen LogP) is 7.67. The van der Waals surface area contributed by atoms with Crippen LogP contribution in [-0.2, 0) is 0 Å². The van der Waals surface area contributed by atoms with E-state index in [0.29, 0.717) is 0 Å². The van der Waals surface area contributed by atoms with Crippen LogP contribution in [0.2, 0.25) is 0 Å². The van der Waals surface area contributed by atoms with E-state index in [1.54, 1.807) is 18.9 Å². The van der Waals surface area contributed by atoms with Gasteiger partial charge in [0.2, 0.25) is 0 Å². The number of ether oxygens (including phenoxy) is 1. The molecular formula is C28H25NOS. The van der Waals surface area contributed by atoms with E-state index in [4.69, 9.17) is 9.72 Å². The van der Waals surface area contributed by atoms with Crippen molar-refractivity contribution in [2.24, 2.45) is 0 Å². The first-order valence-electron chi connectivity index (χ1n) is 10.3. The highest BCUT2D eigenvalue weighted by Gasteiger charge is 2.16. The highest BCUT2D eigenvalue weighted by molar-refractivity contribution is 7.99. The Labute approximate surface area is 188 Å². The predicted molar refractivity (Wildman–Crippen MR) is 132 cm³/mol. The lowest BCUT2D eigenvalue weighted by molar-refractivity contribution is 0.415. The van der Waals surface area contributed by atoms with Crippen molar-refractivity contribution < 1.29 is 4.74 Å². The zero-order valence-corrected chi connectivity index (χ0v) is 18.6. The molecule has 0 aliphatic heterocycles. The van der Waals surface area contributed by atoms with E-state index in [0.717, 1.165) is 38.7 Å². The Bertz CT molecular complexity index is 1150. The van der Waals surface area contributed by atoms with Crippen molar-refractivity contribution in [1.82, 2.24) is 4.98 Å². The molecule has 0 amide bonds. The normalized spacial score (nSPS) is 11.7. The number of thioether (sulfide) groups is 1. The number of aromatic nitrogens is 1. The molecule has 4 aromatic rings. The van der Waals surface area contributed by atoms with Gasteiger partial charge in [0.05, 0.1) is 12.8 Å². The van der Waals surface area contributed by atoms with Gasteiger partial charge in [-0.15, -0.1) is 0 Å². The number of hydrogen-bond acceptors (Lipinski definition) is 3. The zero-order valence-electron chi connectivity index (χ0n) is 17.8. The third-order valence-electron chi connectivity index (χ3n) is 5.25. The molecule has 1 unspecified atom stereocenters. The maximum absolute atomic E-state index is 5.30. The maximum Gasteiger partial charge on any atom is 0.118 e. The van der Waals surface area contributed by atoms with Gasteiger partial charge in [-0.1, -0.05) is 91.1 Å². The molecule has 0 saturated carbocycles. The second-order valence-corrected chi connectivity index (χ2v) is 8.62. The highest BCUT2D eigenvalue weighted by atomic mass is 32.2. The summed E-state index contributed by atoms with van der Waals surface area (Å²) >= 11 is 1.77. The molecule has 0 aliphatic rings. The molecule has 3 heteroatoms. The van der Waals surface area contributed by atoms with Crippen LogP contribution < -0.4 is 4.74 Å². The summed E-state index contributed by atoms with van der Waals surface area (Å²) in [5.41, 5.74) is 6.42. The van der Waals surface area contributed by atoms with Crippen LogP contribution in [-0.4, -0.2) is 12.1 Å². The fourth-order valence-corrected chi connectivity index (χ4v) is 4.53. The second kappa shape index (κ2) is 9.67. The van der Waals surface area contributed by atoms with E-state index in [9.17, 15) is 0 Å². The van der Waals surface area contributed by atoms with Crippen molar-refractivity contribution in [3.05, 3.63) is 120 Å². The maximum atomic E-state index is 5.30. The van der Waals surface area contributed by atoms with E-state index >= 15 is 0 Å². The first-order chi connectivity index (χ1) is 15.2. The van der Waals surface area contributed by atoms with Crippen LogP contribution in [0, 0.1) is 0 Å². The molecular weight excluding hydrogens is 398 g/mol. The van der Waals surface area contributed by atoms with Crippen LogP contribution in [0.25, 0.3) is 16.8 Å². The number of pyridine rings is 1. The summed E-state index contributed by atoms with van der Waals surface area (Å²) in [5.74, 6) is 0.835. The number of rotatable bonds is 7. The largest absolute Gasteiger partial charge is 0.497 e. The molecule has 154 valence electrons. The first kappa shape index (κ1) is 21.0. The van der Waals surface area contributed by atoms with Gasteiger partial charge in [-0.25, -0.2) is 4.98 Å². The summed E-state index contributed by atoms with van der Waals surface area (Å²) in [5, 5.41) is 1.25. The quantitative estimate of drug-likeness (QED) is 0.285. The minimum absolute atomic E-state index is 0.266. The van der Waals surface area contributed by atoms with Crippen LogP contribution in [0.4, 0.5) is 0 Å². The lowest BCUT2D eigenvalue weighted by Gasteiger charge is -2.17. The molecule has 0 radical (unpaired) electrons. The first-order valence-corrected chi connectivity index (χ1v) is 11.2. The second-order valence-electron chi connectivity index (χ2n) is 7.29. The Hall–Kier alpha value is -3.30. The van der Waals surface area contributed by atoms with E-state index < -0.39 is 0 Å². The minimum atomic E-state index is 0.266. The van der Waals surface area contributed by atoms with Gasteiger partial charge < -0.3 is 4.74 Å². The summed E-state index contributed by atoms with van der Waals surface area (Å²) in [6.45, 7) is 6.62. The molecule has 0 spiro atoms. The Morgan fingerprint density at radius 1 is 0.839 bits per heavy atom. The van der Waals surface area contributed by atoms with Gasteiger partial charge in [0.1, 0.15) is 10.8 Å². The van der Waals surface area contributed by atoms with Gasteiger partial charge in [0.25, 0.3) is 0 Å². The summed E-state index contributed by atoms with van der Waals surface area (Å²) < 4.78 is 5.30. The molecule has 0 fully saturated rings. The van der Waals surface area contributed by atoms with Crippen LogP contribution in [0.1, 0.15) is 28.9 Å². The van der Waals surface area contributed by atoms with Crippen molar-refractivity contribution in [1.29, 1.82) is 0 Å². The van der Waals surface area contributed by atoms with Crippen LogP contribution in [0.3, 0.4) is 0 Å². The van der Waals surface area contributed by atoms with Crippen LogP contribution >= 0.6 is 11.8 Å². The van der Waals surface area contributed by atoms with E-state index in [1.807, 2.05) is 48.5 Å². The Balaban J connectivity index is 1.73. The lowest BCUT2D eigenvalue weighted by atomic mass is 10.00. The number of benzene rings is 3. The van der Waals surface area contributed by atoms with Gasteiger partial charge >= 0.3 is 0 Å². The van der Waals surface area contributed by atoms with Crippen molar-refractivity contribution in [3.8, 4) is 17.0 Å². The fourth-order valence-electron chi connectivity index (χ4n) is 3.44. The summed E-state index contributed by atoms with van der Waals surface area (Å²) in [4.78, 5) is 5.07. The molecule has 4 rings (SSSR count). The monoisotopic (exact) mass is 423 g/mol. The molecule has 0 saturated heterocycles. The van der Waals surface area contributed by atoms with Gasteiger partial charge in [-0.05, 0) is 47.9 Å². The molecule has 2 nitrogen and oxygen atoms in total. The smallest absolute Gasteiger partial charge is 0.118 e. The zero-order chi connectivity index (χ0) is 21.6. The van der Waals surface area contributed by atoms with Crippen molar-refractivity contribution >= 4 is 17.3 Å². The lowest BCUT2D eigenvalue weighted by Crippen LogP contribution is -1.97.